The van der Waals surface area contributed by atoms with Crippen LogP contribution in [-0.4, -0.2) is 35.4 Å². The number of fused-ring (bicyclic) bond motifs is 2. The summed E-state index contributed by atoms with van der Waals surface area (Å²) >= 11 is 2.22. The highest BCUT2D eigenvalue weighted by Gasteiger charge is 2.44. The summed E-state index contributed by atoms with van der Waals surface area (Å²) in [4.78, 5) is 19.3. The lowest BCUT2D eigenvalue weighted by atomic mass is 9.84. The molecule has 0 aromatic carbocycles. The maximum absolute atomic E-state index is 12.7. The van der Waals surface area contributed by atoms with Gasteiger partial charge in [0.05, 0.1) is 11.0 Å². The summed E-state index contributed by atoms with van der Waals surface area (Å²) in [5.74, 6) is 0. The molecule has 0 radical (unpaired) electrons. The van der Waals surface area contributed by atoms with Crippen molar-refractivity contribution in [2.75, 3.05) is 13.1 Å². The zero-order valence-corrected chi connectivity index (χ0v) is 16.3. The third kappa shape index (κ3) is 3.70. The van der Waals surface area contributed by atoms with E-state index in [4.69, 9.17) is 4.74 Å². The summed E-state index contributed by atoms with van der Waals surface area (Å²) in [7, 11) is 0. The lowest BCUT2D eigenvalue weighted by Crippen LogP contribution is -2.47. The quantitative estimate of drug-likeness (QED) is 0.692. The second-order valence-electron chi connectivity index (χ2n) is 7.15. The summed E-state index contributed by atoms with van der Waals surface area (Å²) in [6.07, 6.45) is 0.277. The number of rotatable bonds is 3. The first-order valence-electron chi connectivity index (χ1n) is 8.79. The minimum atomic E-state index is -4.38. The number of halogens is 3. The van der Waals surface area contributed by atoms with Crippen molar-refractivity contribution in [3.05, 3.63) is 37.5 Å². The first kappa shape index (κ1) is 19.0. The van der Waals surface area contributed by atoms with E-state index in [0.29, 0.717) is 22.8 Å². The molecule has 1 fully saturated rings. The van der Waals surface area contributed by atoms with Crippen LogP contribution in [0.4, 0.5) is 13.2 Å². The third-order valence-electron chi connectivity index (χ3n) is 5.13. The Balaban J connectivity index is 1.47. The fraction of sp³-hybridized carbons (Fsp3) is 0.556. The number of likely N-dealkylation sites (tertiary alicyclic amines) is 1. The van der Waals surface area contributed by atoms with E-state index < -0.39 is 11.2 Å². The molecule has 0 saturated carbocycles. The predicted molar refractivity (Wildman–Crippen MR) is 97.3 cm³/mol. The molecule has 1 unspecified atom stereocenters. The SMILES string of the molecule is CC1Cc2cc(C=O)sc2C2(CCN(Cc3cnc(C(F)(F)F)s3)CC2)O1. The van der Waals surface area contributed by atoms with E-state index in [1.54, 1.807) is 0 Å². The highest BCUT2D eigenvalue weighted by Crippen LogP contribution is 2.47. The highest BCUT2D eigenvalue weighted by atomic mass is 32.1. The molecule has 4 nitrogen and oxygen atoms in total. The Hall–Kier alpha value is -1.29. The Labute approximate surface area is 163 Å². The zero-order valence-electron chi connectivity index (χ0n) is 14.7. The van der Waals surface area contributed by atoms with Crippen LogP contribution in [0.3, 0.4) is 0 Å². The number of aldehydes is 1. The van der Waals surface area contributed by atoms with Gasteiger partial charge in [0.2, 0.25) is 0 Å². The molecule has 2 aliphatic rings. The summed E-state index contributed by atoms with van der Waals surface area (Å²) < 4.78 is 44.5. The van der Waals surface area contributed by atoms with Crippen molar-refractivity contribution in [1.82, 2.24) is 9.88 Å². The molecule has 2 aromatic heterocycles. The van der Waals surface area contributed by atoms with Crippen LogP contribution in [0.15, 0.2) is 12.3 Å². The average molecular weight is 416 g/mol. The molecule has 0 aliphatic carbocycles. The van der Waals surface area contributed by atoms with Crippen molar-refractivity contribution in [2.45, 2.75) is 50.6 Å². The van der Waals surface area contributed by atoms with Crippen LogP contribution in [-0.2, 0) is 29.5 Å². The summed E-state index contributed by atoms with van der Waals surface area (Å²) in [6, 6.07) is 1.97. The van der Waals surface area contributed by atoms with Gasteiger partial charge in [-0.05, 0) is 37.8 Å². The molecule has 1 spiro atoms. The molecule has 1 saturated heterocycles. The van der Waals surface area contributed by atoms with Crippen molar-refractivity contribution in [3.8, 4) is 0 Å². The van der Waals surface area contributed by atoms with Crippen molar-refractivity contribution < 1.29 is 22.7 Å². The number of ether oxygens (including phenoxy) is 1. The standard InChI is InChI=1S/C18H19F3N2O2S2/c1-11-6-12-7-13(10-24)26-15(12)17(25-11)2-4-23(5-3-17)9-14-8-22-16(27-14)18(19,20)21/h7-8,10-11H,2-6,9H2,1H3. The number of aromatic nitrogens is 1. The molecule has 0 bridgehead atoms. The Morgan fingerprint density at radius 3 is 2.74 bits per heavy atom. The van der Waals surface area contributed by atoms with Gasteiger partial charge in [-0.2, -0.15) is 13.2 Å². The number of thiophene rings is 1. The molecular weight excluding hydrogens is 397 g/mol. The fourth-order valence-corrected chi connectivity index (χ4v) is 6.00. The van der Waals surface area contributed by atoms with Crippen molar-refractivity contribution in [3.63, 3.8) is 0 Å². The van der Waals surface area contributed by atoms with Gasteiger partial charge >= 0.3 is 6.18 Å². The summed E-state index contributed by atoms with van der Waals surface area (Å²) in [5, 5.41) is -0.792. The van der Waals surface area contributed by atoms with E-state index in [0.717, 1.165) is 48.4 Å². The second kappa shape index (κ2) is 6.95. The molecule has 1 atom stereocenters. The van der Waals surface area contributed by atoms with E-state index in [2.05, 4.69) is 9.88 Å². The molecular formula is C18H19F3N2O2S2. The molecule has 2 aromatic rings. The second-order valence-corrected chi connectivity index (χ2v) is 9.35. The van der Waals surface area contributed by atoms with Crippen LogP contribution in [0.2, 0.25) is 0 Å². The molecule has 4 heterocycles. The first-order chi connectivity index (χ1) is 12.8. The van der Waals surface area contributed by atoms with Crippen molar-refractivity contribution in [2.24, 2.45) is 0 Å². The molecule has 0 N–H and O–H groups in total. The molecule has 2 aliphatic heterocycles. The molecule has 4 rings (SSSR count). The molecule has 27 heavy (non-hydrogen) atoms. The average Bonchev–Trinajstić information content (AvgIpc) is 3.23. The van der Waals surface area contributed by atoms with Crippen LogP contribution in [0, 0.1) is 0 Å². The Morgan fingerprint density at radius 2 is 2.11 bits per heavy atom. The number of thiazole rings is 1. The monoisotopic (exact) mass is 416 g/mol. The number of alkyl halides is 3. The Morgan fingerprint density at radius 1 is 1.37 bits per heavy atom. The number of carbonyl (C=O) groups is 1. The van der Waals surface area contributed by atoms with Gasteiger partial charge in [-0.1, -0.05) is 0 Å². The first-order valence-corrected chi connectivity index (χ1v) is 10.4. The van der Waals surface area contributed by atoms with Crippen LogP contribution < -0.4 is 0 Å². The maximum atomic E-state index is 12.7. The maximum Gasteiger partial charge on any atom is 0.443 e. The summed E-state index contributed by atoms with van der Waals surface area (Å²) in [5.41, 5.74) is 0.826. The van der Waals surface area contributed by atoms with Crippen LogP contribution >= 0.6 is 22.7 Å². The number of piperidine rings is 1. The number of carbonyl (C=O) groups excluding carboxylic acids is 1. The van der Waals surface area contributed by atoms with Crippen molar-refractivity contribution in [1.29, 1.82) is 0 Å². The van der Waals surface area contributed by atoms with Gasteiger partial charge in [-0.15, -0.1) is 22.7 Å². The van der Waals surface area contributed by atoms with Gasteiger partial charge in [0, 0.05) is 35.6 Å². The van der Waals surface area contributed by atoms with Gasteiger partial charge in [-0.3, -0.25) is 9.69 Å². The fourth-order valence-electron chi connectivity index (χ4n) is 3.98. The lowest BCUT2D eigenvalue weighted by Gasteiger charge is -2.45. The third-order valence-corrected chi connectivity index (χ3v) is 7.45. The largest absolute Gasteiger partial charge is 0.443 e. The van der Waals surface area contributed by atoms with E-state index in [1.807, 2.05) is 13.0 Å². The number of hydrogen-bond acceptors (Lipinski definition) is 6. The minimum Gasteiger partial charge on any atom is -0.366 e. The normalized spacial score (nSPS) is 22.7. The van der Waals surface area contributed by atoms with Gasteiger partial charge in [-0.25, -0.2) is 4.98 Å². The van der Waals surface area contributed by atoms with E-state index >= 15 is 0 Å². The molecule has 146 valence electrons. The van der Waals surface area contributed by atoms with Gasteiger partial charge in [0.15, 0.2) is 11.3 Å². The predicted octanol–water partition coefficient (Wildman–Crippen LogP) is 4.49. The molecule has 0 amide bonds. The molecule has 9 heteroatoms. The van der Waals surface area contributed by atoms with Crippen molar-refractivity contribution >= 4 is 29.0 Å². The van der Waals surface area contributed by atoms with Crippen LogP contribution in [0.25, 0.3) is 0 Å². The van der Waals surface area contributed by atoms with Gasteiger partial charge in [0.1, 0.15) is 5.60 Å². The Bertz CT molecular complexity index is 838. The van der Waals surface area contributed by atoms with Gasteiger partial charge in [0.25, 0.3) is 0 Å². The van der Waals surface area contributed by atoms with Crippen LogP contribution in [0.5, 0.6) is 0 Å². The number of hydrogen-bond donors (Lipinski definition) is 0. The smallest absolute Gasteiger partial charge is 0.366 e. The van der Waals surface area contributed by atoms with Crippen LogP contribution in [0.1, 0.15) is 49.8 Å². The minimum absolute atomic E-state index is 0.0917. The van der Waals surface area contributed by atoms with E-state index in [9.17, 15) is 18.0 Å². The van der Waals surface area contributed by atoms with E-state index in [1.165, 1.54) is 23.1 Å². The summed E-state index contributed by atoms with van der Waals surface area (Å²) in [6.45, 7) is 3.99. The topological polar surface area (TPSA) is 42.4 Å². The zero-order chi connectivity index (χ0) is 19.2. The lowest BCUT2D eigenvalue weighted by molar-refractivity contribution is -0.137. The number of nitrogens with zero attached hydrogens (tertiary/aromatic N) is 2. The van der Waals surface area contributed by atoms with Gasteiger partial charge < -0.3 is 4.74 Å². The Kier molecular flexibility index (Phi) is 4.90. The van der Waals surface area contributed by atoms with E-state index in [-0.39, 0.29) is 11.7 Å². The highest BCUT2D eigenvalue weighted by molar-refractivity contribution is 7.14.